The number of hydrogen-bond donors (Lipinski definition) is 1. The molecule has 0 bridgehead atoms. The molecular formula is C11H23NO2. The van der Waals surface area contributed by atoms with Gasteiger partial charge in [0.1, 0.15) is 0 Å². The Morgan fingerprint density at radius 2 is 1.86 bits per heavy atom. The highest BCUT2D eigenvalue weighted by Crippen LogP contribution is 2.04. The predicted molar refractivity (Wildman–Crippen MR) is 57.4 cm³/mol. The second-order valence-electron chi connectivity index (χ2n) is 3.95. The SMILES string of the molecule is OCCCCCCN1CCCOCC1. The quantitative estimate of drug-likeness (QED) is 0.657. The minimum atomic E-state index is 0.345. The molecule has 14 heavy (non-hydrogen) atoms. The van der Waals surface area contributed by atoms with Gasteiger partial charge in [0.2, 0.25) is 0 Å². The van der Waals surface area contributed by atoms with Gasteiger partial charge in [-0.05, 0) is 25.8 Å². The summed E-state index contributed by atoms with van der Waals surface area (Å²) in [5, 5.41) is 8.62. The number of rotatable bonds is 6. The Labute approximate surface area is 87.1 Å². The molecule has 1 aliphatic rings. The summed E-state index contributed by atoms with van der Waals surface area (Å²) in [7, 11) is 0. The van der Waals surface area contributed by atoms with Crippen LogP contribution in [0.5, 0.6) is 0 Å². The minimum Gasteiger partial charge on any atom is -0.396 e. The maximum Gasteiger partial charge on any atom is 0.0593 e. The number of nitrogens with zero attached hydrogens (tertiary/aromatic N) is 1. The van der Waals surface area contributed by atoms with Gasteiger partial charge in [-0.2, -0.15) is 0 Å². The molecular weight excluding hydrogens is 178 g/mol. The van der Waals surface area contributed by atoms with Crippen LogP contribution in [0.25, 0.3) is 0 Å². The molecule has 3 heteroatoms. The molecule has 1 heterocycles. The molecule has 0 aliphatic carbocycles. The Morgan fingerprint density at radius 1 is 1.00 bits per heavy atom. The van der Waals surface area contributed by atoms with Crippen LogP contribution in [0.4, 0.5) is 0 Å². The average Bonchev–Trinajstić information content (AvgIpc) is 2.46. The molecule has 0 unspecified atom stereocenters. The number of hydrogen-bond acceptors (Lipinski definition) is 3. The van der Waals surface area contributed by atoms with Crippen molar-refractivity contribution >= 4 is 0 Å². The van der Waals surface area contributed by atoms with E-state index >= 15 is 0 Å². The first-order valence-electron chi connectivity index (χ1n) is 5.84. The first-order valence-corrected chi connectivity index (χ1v) is 5.84. The lowest BCUT2D eigenvalue weighted by molar-refractivity contribution is 0.141. The van der Waals surface area contributed by atoms with E-state index in [2.05, 4.69) is 4.90 Å². The largest absolute Gasteiger partial charge is 0.396 e. The molecule has 1 rings (SSSR count). The third-order valence-corrected chi connectivity index (χ3v) is 2.70. The maximum absolute atomic E-state index is 8.62. The average molecular weight is 201 g/mol. The van der Waals surface area contributed by atoms with E-state index in [1.165, 1.54) is 38.8 Å². The number of aliphatic hydroxyl groups is 1. The second kappa shape index (κ2) is 8.21. The first-order chi connectivity index (χ1) is 6.93. The van der Waals surface area contributed by atoms with Crippen LogP contribution in [0.1, 0.15) is 32.1 Å². The number of aliphatic hydroxyl groups excluding tert-OH is 1. The Kier molecular flexibility index (Phi) is 7.01. The van der Waals surface area contributed by atoms with Gasteiger partial charge in [0, 0.05) is 26.3 Å². The van der Waals surface area contributed by atoms with Gasteiger partial charge < -0.3 is 14.7 Å². The first kappa shape index (κ1) is 12.0. The van der Waals surface area contributed by atoms with Gasteiger partial charge in [-0.15, -0.1) is 0 Å². The summed E-state index contributed by atoms with van der Waals surface area (Å²) >= 11 is 0. The van der Waals surface area contributed by atoms with E-state index in [0.29, 0.717) is 6.61 Å². The Morgan fingerprint density at radius 3 is 2.71 bits per heavy atom. The summed E-state index contributed by atoms with van der Waals surface area (Å²) in [6.07, 6.45) is 5.82. The van der Waals surface area contributed by atoms with E-state index in [0.717, 1.165) is 26.2 Å². The zero-order valence-corrected chi connectivity index (χ0v) is 9.08. The van der Waals surface area contributed by atoms with E-state index in [4.69, 9.17) is 9.84 Å². The molecule has 0 saturated carbocycles. The van der Waals surface area contributed by atoms with Gasteiger partial charge in [-0.1, -0.05) is 12.8 Å². The van der Waals surface area contributed by atoms with Crippen LogP contribution in [0.3, 0.4) is 0 Å². The van der Waals surface area contributed by atoms with Crippen LogP contribution >= 0.6 is 0 Å². The van der Waals surface area contributed by atoms with E-state index in [1.807, 2.05) is 0 Å². The molecule has 3 nitrogen and oxygen atoms in total. The molecule has 84 valence electrons. The smallest absolute Gasteiger partial charge is 0.0593 e. The van der Waals surface area contributed by atoms with Crippen molar-refractivity contribution in [3.8, 4) is 0 Å². The fourth-order valence-corrected chi connectivity index (χ4v) is 1.82. The van der Waals surface area contributed by atoms with Crippen molar-refractivity contribution < 1.29 is 9.84 Å². The molecule has 1 N–H and O–H groups in total. The van der Waals surface area contributed by atoms with Gasteiger partial charge in [0.15, 0.2) is 0 Å². The highest BCUT2D eigenvalue weighted by Gasteiger charge is 2.07. The molecule has 0 atom stereocenters. The fraction of sp³-hybridized carbons (Fsp3) is 1.00. The molecule has 0 aromatic carbocycles. The normalized spacial score (nSPS) is 19.5. The van der Waals surface area contributed by atoms with E-state index in [9.17, 15) is 0 Å². The molecule has 0 aromatic heterocycles. The van der Waals surface area contributed by atoms with Crippen molar-refractivity contribution in [3.63, 3.8) is 0 Å². The zero-order chi connectivity index (χ0) is 10.1. The maximum atomic E-state index is 8.62. The summed E-state index contributed by atoms with van der Waals surface area (Å²) < 4.78 is 5.39. The lowest BCUT2D eigenvalue weighted by Gasteiger charge is -2.18. The van der Waals surface area contributed by atoms with E-state index in [1.54, 1.807) is 0 Å². The van der Waals surface area contributed by atoms with Crippen LogP contribution < -0.4 is 0 Å². The summed E-state index contributed by atoms with van der Waals surface area (Å²) in [6.45, 7) is 5.67. The number of ether oxygens (including phenoxy) is 1. The van der Waals surface area contributed by atoms with Gasteiger partial charge in [-0.3, -0.25) is 0 Å². The summed E-state index contributed by atoms with van der Waals surface area (Å²) in [4.78, 5) is 2.49. The van der Waals surface area contributed by atoms with E-state index in [-0.39, 0.29) is 0 Å². The second-order valence-corrected chi connectivity index (χ2v) is 3.95. The van der Waals surface area contributed by atoms with Crippen molar-refractivity contribution in [2.45, 2.75) is 32.1 Å². The van der Waals surface area contributed by atoms with Crippen LogP contribution in [0.15, 0.2) is 0 Å². The molecule has 0 aromatic rings. The lowest BCUT2D eigenvalue weighted by atomic mass is 10.2. The molecule has 1 fully saturated rings. The molecule has 1 saturated heterocycles. The molecule has 0 spiro atoms. The Hall–Kier alpha value is -0.120. The van der Waals surface area contributed by atoms with Crippen LogP contribution in [-0.2, 0) is 4.74 Å². The molecule has 1 aliphatic heterocycles. The van der Waals surface area contributed by atoms with Crippen LogP contribution in [0.2, 0.25) is 0 Å². The van der Waals surface area contributed by atoms with Gasteiger partial charge in [-0.25, -0.2) is 0 Å². The van der Waals surface area contributed by atoms with Gasteiger partial charge >= 0.3 is 0 Å². The van der Waals surface area contributed by atoms with Crippen molar-refractivity contribution in [2.24, 2.45) is 0 Å². The fourth-order valence-electron chi connectivity index (χ4n) is 1.82. The Bertz CT molecular complexity index is 122. The predicted octanol–water partition coefficient (Wildman–Crippen LogP) is 1.26. The van der Waals surface area contributed by atoms with Crippen LogP contribution in [0, 0.1) is 0 Å². The van der Waals surface area contributed by atoms with Crippen molar-refractivity contribution in [2.75, 3.05) is 39.5 Å². The summed E-state index contributed by atoms with van der Waals surface area (Å²) in [6, 6.07) is 0. The van der Waals surface area contributed by atoms with Crippen molar-refractivity contribution in [1.82, 2.24) is 4.90 Å². The highest BCUT2D eigenvalue weighted by atomic mass is 16.5. The highest BCUT2D eigenvalue weighted by molar-refractivity contribution is 4.61. The van der Waals surface area contributed by atoms with Crippen molar-refractivity contribution in [1.29, 1.82) is 0 Å². The number of unbranched alkanes of at least 4 members (excludes halogenated alkanes) is 3. The lowest BCUT2D eigenvalue weighted by Crippen LogP contribution is -2.27. The minimum absolute atomic E-state index is 0.345. The molecule has 0 amide bonds. The summed E-state index contributed by atoms with van der Waals surface area (Å²) in [5.74, 6) is 0. The standard InChI is InChI=1S/C11H23NO2/c13-9-4-2-1-3-6-12-7-5-10-14-11-8-12/h13H,1-11H2. The third-order valence-electron chi connectivity index (χ3n) is 2.70. The van der Waals surface area contributed by atoms with Gasteiger partial charge in [0.25, 0.3) is 0 Å². The zero-order valence-electron chi connectivity index (χ0n) is 9.08. The molecule has 0 radical (unpaired) electrons. The topological polar surface area (TPSA) is 32.7 Å². The van der Waals surface area contributed by atoms with E-state index < -0.39 is 0 Å². The van der Waals surface area contributed by atoms with Crippen LogP contribution in [-0.4, -0.2) is 49.5 Å². The third kappa shape index (κ3) is 5.58. The monoisotopic (exact) mass is 201 g/mol. The van der Waals surface area contributed by atoms with Gasteiger partial charge in [0.05, 0.1) is 6.61 Å². The summed E-state index contributed by atoms with van der Waals surface area (Å²) in [5.41, 5.74) is 0. The Balaban J connectivity index is 1.93. The van der Waals surface area contributed by atoms with Crippen molar-refractivity contribution in [3.05, 3.63) is 0 Å².